The third-order valence-corrected chi connectivity index (χ3v) is 5.14. The van der Waals surface area contributed by atoms with Gasteiger partial charge in [0.05, 0.1) is 12.8 Å². The van der Waals surface area contributed by atoms with Crippen LogP contribution in [0.25, 0.3) is 0 Å². The maximum atomic E-state index is 5.15. The summed E-state index contributed by atoms with van der Waals surface area (Å²) in [5.74, 6) is 1.44. The molecular formula is C18H26N6O. The molecule has 25 heavy (non-hydrogen) atoms. The Morgan fingerprint density at radius 3 is 2.84 bits per heavy atom. The van der Waals surface area contributed by atoms with Gasteiger partial charge in [0, 0.05) is 44.0 Å². The second kappa shape index (κ2) is 7.39. The summed E-state index contributed by atoms with van der Waals surface area (Å²) in [4.78, 5) is 10.8. The minimum absolute atomic E-state index is 0.450. The molecule has 7 heteroatoms. The Bertz CT molecular complexity index is 684. The third kappa shape index (κ3) is 3.92. The highest BCUT2D eigenvalue weighted by atomic mass is 16.5. The summed E-state index contributed by atoms with van der Waals surface area (Å²) in [5.41, 5.74) is 2.64. The van der Waals surface area contributed by atoms with E-state index in [1.807, 2.05) is 6.07 Å². The van der Waals surface area contributed by atoms with E-state index < -0.39 is 0 Å². The average Bonchev–Trinajstić information content (AvgIpc) is 3.06. The van der Waals surface area contributed by atoms with Crippen molar-refractivity contribution >= 4 is 5.82 Å². The molecule has 0 bridgehead atoms. The highest BCUT2D eigenvalue weighted by molar-refractivity contribution is 5.38. The summed E-state index contributed by atoms with van der Waals surface area (Å²) >= 11 is 0. The lowest BCUT2D eigenvalue weighted by Crippen LogP contribution is -2.38. The van der Waals surface area contributed by atoms with E-state index in [-0.39, 0.29) is 0 Å². The molecule has 4 rings (SSSR count). The van der Waals surface area contributed by atoms with E-state index in [1.165, 1.54) is 37.0 Å². The number of hydrogen-bond acceptors (Lipinski definition) is 6. The Balaban J connectivity index is 1.28. The number of hydrogen-bond donors (Lipinski definition) is 1. The van der Waals surface area contributed by atoms with E-state index in [0.717, 1.165) is 44.8 Å². The van der Waals surface area contributed by atoms with E-state index in [4.69, 9.17) is 9.84 Å². The first-order valence-electron chi connectivity index (χ1n) is 9.21. The monoisotopic (exact) mass is 342 g/mol. The molecule has 0 saturated carbocycles. The third-order valence-electron chi connectivity index (χ3n) is 5.14. The van der Waals surface area contributed by atoms with Crippen LogP contribution in [-0.4, -0.2) is 50.9 Å². The van der Waals surface area contributed by atoms with Gasteiger partial charge in [-0.3, -0.25) is 9.58 Å². The summed E-state index contributed by atoms with van der Waals surface area (Å²) in [6.07, 6.45) is 7.51. The number of anilines is 1. The van der Waals surface area contributed by atoms with Crippen molar-refractivity contribution in [2.45, 2.75) is 51.2 Å². The Kier molecular flexibility index (Phi) is 4.83. The molecule has 0 radical (unpaired) electrons. The second-order valence-corrected chi connectivity index (χ2v) is 6.95. The van der Waals surface area contributed by atoms with Gasteiger partial charge in [-0.1, -0.05) is 0 Å². The molecular weight excluding hydrogens is 316 g/mol. The molecule has 1 N–H and O–H groups in total. The predicted molar refractivity (Wildman–Crippen MR) is 95.7 cm³/mol. The Labute approximate surface area is 148 Å². The number of nitrogens with one attached hydrogen (secondary N) is 1. The van der Waals surface area contributed by atoms with Crippen molar-refractivity contribution in [1.82, 2.24) is 24.6 Å². The fourth-order valence-corrected chi connectivity index (χ4v) is 3.76. The van der Waals surface area contributed by atoms with Crippen molar-refractivity contribution < 1.29 is 4.74 Å². The largest absolute Gasteiger partial charge is 0.481 e. The molecule has 0 aromatic carbocycles. The van der Waals surface area contributed by atoms with Crippen LogP contribution in [0.2, 0.25) is 0 Å². The first-order chi connectivity index (χ1) is 12.3. The molecule has 0 unspecified atom stereocenters. The second-order valence-electron chi connectivity index (χ2n) is 6.95. The fourth-order valence-electron chi connectivity index (χ4n) is 3.76. The Morgan fingerprint density at radius 2 is 2.04 bits per heavy atom. The number of aryl methyl sites for hydroxylation is 2. The molecule has 1 fully saturated rings. The van der Waals surface area contributed by atoms with Gasteiger partial charge in [0.2, 0.25) is 5.88 Å². The lowest BCUT2D eigenvalue weighted by Gasteiger charge is -2.32. The summed E-state index contributed by atoms with van der Waals surface area (Å²) in [5, 5.41) is 8.28. The van der Waals surface area contributed by atoms with Crippen LogP contribution in [-0.2, 0) is 19.5 Å². The molecule has 0 aliphatic carbocycles. The zero-order chi connectivity index (χ0) is 17.1. The number of piperidine rings is 1. The topological polar surface area (TPSA) is 68.1 Å². The van der Waals surface area contributed by atoms with Gasteiger partial charge in [0.25, 0.3) is 0 Å². The fraction of sp³-hybridized carbons (Fsp3) is 0.611. The molecule has 7 nitrogen and oxygen atoms in total. The van der Waals surface area contributed by atoms with Crippen LogP contribution in [0.3, 0.4) is 0 Å². The Hall–Kier alpha value is -2.15. The van der Waals surface area contributed by atoms with Crippen molar-refractivity contribution in [2.75, 3.05) is 25.5 Å². The van der Waals surface area contributed by atoms with Gasteiger partial charge in [0.15, 0.2) is 0 Å². The van der Waals surface area contributed by atoms with Crippen LogP contribution in [0, 0.1) is 0 Å². The van der Waals surface area contributed by atoms with Gasteiger partial charge in [-0.2, -0.15) is 5.10 Å². The van der Waals surface area contributed by atoms with Crippen LogP contribution in [0.4, 0.5) is 5.82 Å². The van der Waals surface area contributed by atoms with Gasteiger partial charge >= 0.3 is 0 Å². The number of likely N-dealkylation sites (tertiary alicyclic amines) is 1. The molecule has 0 amide bonds. The molecule has 134 valence electrons. The highest BCUT2D eigenvalue weighted by Crippen LogP contribution is 2.20. The first kappa shape index (κ1) is 16.3. The quantitative estimate of drug-likeness (QED) is 0.897. The average molecular weight is 342 g/mol. The zero-order valence-corrected chi connectivity index (χ0v) is 14.8. The number of fused-ring (bicyclic) bond motifs is 1. The standard InChI is InChI=1S/C18H26N6O/c1-25-18-11-17(19-13-20-18)21-14-5-8-23(9-6-14)12-15-10-16-4-2-3-7-24(16)22-15/h10-11,13-14H,2-9,12H2,1H3,(H,19,20,21). The van der Waals surface area contributed by atoms with Crippen LogP contribution in [0.5, 0.6) is 5.88 Å². The molecule has 4 heterocycles. The van der Waals surface area contributed by atoms with Crippen molar-refractivity contribution in [3.05, 3.63) is 29.8 Å². The SMILES string of the molecule is COc1cc(NC2CCN(Cc3cc4n(n3)CCCC4)CC2)ncn1. The highest BCUT2D eigenvalue weighted by Gasteiger charge is 2.21. The van der Waals surface area contributed by atoms with Gasteiger partial charge in [-0.15, -0.1) is 0 Å². The van der Waals surface area contributed by atoms with Crippen LogP contribution in [0.1, 0.15) is 37.1 Å². The number of rotatable bonds is 5. The van der Waals surface area contributed by atoms with E-state index in [9.17, 15) is 0 Å². The Morgan fingerprint density at radius 1 is 1.16 bits per heavy atom. The van der Waals surface area contributed by atoms with Crippen molar-refractivity contribution in [3.8, 4) is 5.88 Å². The summed E-state index contributed by atoms with van der Waals surface area (Å²) in [6.45, 7) is 4.22. The molecule has 0 atom stereocenters. The van der Waals surface area contributed by atoms with Gasteiger partial charge < -0.3 is 10.1 Å². The molecule has 2 aliphatic heterocycles. The normalized spacial score (nSPS) is 18.8. The summed E-state index contributed by atoms with van der Waals surface area (Å²) in [7, 11) is 1.62. The summed E-state index contributed by atoms with van der Waals surface area (Å²) < 4.78 is 7.36. The van der Waals surface area contributed by atoms with Crippen molar-refractivity contribution in [3.63, 3.8) is 0 Å². The number of aromatic nitrogens is 4. The smallest absolute Gasteiger partial charge is 0.218 e. The van der Waals surface area contributed by atoms with Crippen LogP contribution < -0.4 is 10.1 Å². The number of nitrogens with zero attached hydrogens (tertiary/aromatic N) is 5. The van der Waals surface area contributed by atoms with E-state index in [2.05, 4.69) is 30.9 Å². The van der Waals surface area contributed by atoms with Gasteiger partial charge in [0.1, 0.15) is 12.1 Å². The lowest BCUT2D eigenvalue weighted by atomic mass is 10.0. The maximum absolute atomic E-state index is 5.15. The summed E-state index contributed by atoms with van der Waals surface area (Å²) in [6, 6.07) is 4.60. The van der Waals surface area contributed by atoms with E-state index in [1.54, 1.807) is 7.11 Å². The van der Waals surface area contributed by atoms with Crippen molar-refractivity contribution in [2.24, 2.45) is 0 Å². The van der Waals surface area contributed by atoms with Crippen molar-refractivity contribution in [1.29, 1.82) is 0 Å². The molecule has 2 aromatic heterocycles. The van der Waals surface area contributed by atoms with Crippen LogP contribution >= 0.6 is 0 Å². The lowest BCUT2D eigenvalue weighted by molar-refractivity contribution is 0.208. The van der Waals surface area contributed by atoms with E-state index in [0.29, 0.717) is 11.9 Å². The molecule has 1 saturated heterocycles. The van der Waals surface area contributed by atoms with Gasteiger partial charge in [-0.05, 0) is 38.2 Å². The minimum Gasteiger partial charge on any atom is -0.481 e. The molecule has 0 spiro atoms. The minimum atomic E-state index is 0.450. The first-order valence-corrected chi connectivity index (χ1v) is 9.21. The number of ether oxygens (including phenoxy) is 1. The predicted octanol–water partition coefficient (Wildman–Crippen LogP) is 2.09. The maximum Gasteiger partial charge on any atom is 0.218 e. The zero-order valence-electron chi connectivity index (χ0n) is 14.8. The van der Waals surface area contributed by atoms with Gasteiger partial charge in [-0.25, -0.2) is 9.97 Å². The molecule has 2 aromatic rings. The van der Waals surface area contributed by atoms with E-state index >= 15 is 0 Å². The molecule has 2 aliphatic rings. The van der Waals surface area contributed by atoms with Crippen LogP contribution in [0.15, 0.2) is 18.5 Å². The number of methoxy groups -OCH3 is 1.